The summed E-state index contributed by atoms with van der Waals surface area (Å²) in [5, 5.41) is 7.18. The molecular weight excluding hydrogens is 264 g/mol. The maximum Gasteiger partial charge on any atom is 0.268 e. The van der Waals surface area contributed by atoms with Gasteiger partial charge >= 0.3 is 0 Å². The molecule has 0 aliphatic rings. The van der Waals surface area contributed by atoms with Gasteiger partial charge in [-0.15, -0.1) is 0 Å². The maximum absolute atomic E-state index is 12.0. The Morgan fingerprint density at radius 1 is 1.29 bits per heavy atom. The Labute approximate surface area is 122 Å². The van der Waals surface area contributed by atoms with E-state index in [1.54, 1.807) is 29.2 Å². The van der Waals surface area contributed by atoms with Crippen LogP contribution in [0.15, 0.2) is 61.1 Å². The Hall–Kier alpha value is -2.82. The summed E-state index contributed by atoms with van der Waals surface area (Å²) in [6.45, 7) is 1.96. The summed E-state index contributed by atoms with van der Waals surface area (Å²) in [4.78, 5) is 14.9. The predicted octanol–water partition coefficient (Wildman–Crippen LogP) is 2.69. The number of aromatic nitrogens is 3. The molecule has 0 spiro atoms. The predicted molar refractivity (Wildman–Crippen MR) is 80.2 cm³/mol. The van der Waals surface area contributed by atoms with E-state index in [2.05, 4.69) is 15.4 Å². The number of aromatic amines is 1. The lowest BCUT2D eigenvalue weighted by Crippen LogP contribution is -2.26. The third kappa shape index (κ3) is 2.86. The van der Waals surface area contributed by atoms with Crippen LogP contribution in [0, 0.1) is 0 Å². The second-order valence-corrected chi connectivity index (χ2v) is 4.82. The van der Waals surface area contributed by atoms with Gasteiger partial charge in [-0.1, -0.05) is 12.1 Å². The molecule has 5 nitrogen and oxygen atoms in total. The number of hydrogen-bond acceptors (Lipinski definition) is 2. The summed E-state index contributed by atoms with van der Waals surface area (Å²) in [5.74, 6) is -0.114. The third-order valence-corrected chi connectivity index (χ3v) is 3.33. The first kappa shape index (κ1) is 13.2. The number of carbonyl (C=O) groups excluding carboxylic acids is 1. The van der Waals surface area contributed by atoms with E-state index in [9.17, 15) is 4.79 Å². The fraction of sp³-hybridized carbons (Fsp3) is 0.125. The van der Waals surface area contributed by atoms with Crippen molar-refractivity contribution < 1.29 is 4.79 Å². The number of H-pyrrole nitrogens is 1. The van der Waals surface area contributed by atoms with Gasteiger partial charge in [-0.05, 0) is 42.8 Å². The van der Waals surface area contributed by atoms with E-state index in [4.69, 9.17) is 0 Å². The topological polar surface area (TPSA) is 62.7 Å². The molecule has 3 aromatic rings. The lowest BCUT2D eigenvalue weighted by atomic mass is 10.1. The number of hydrogen-bond donors (Lipinski definition) is 2. The molecule has 0 unspecified atom stereocenters. The summed E-state index contributed by atoms with van der Waals surface area (Å²) in [5.41, 5.74) is 2.56. The third-order valence-electron chi connectivity index (χ3n) is 3.33. The molecule has 0 fully saturated rings. The molecule has 2 aromatic heterocycles. The fourth-order valence-electron chi connectivity index (χ4n) is 2.19. The highest BCUT2D eigenvalue weighted by atomic mass is 16.1. The Kier molecular flexibility index (Phi) is 3.55. The molecule has 2 heterocycles. The van der Waals surface area contributed by atoms with Crippen molar-refractivity contribution in [3.8, 4) is 5.69 Å². The number of amides is 1. The van der Waals surface area contributed by atoms with Crippen LogP contribution in [-0.4, -0.2) is 20.7 Å². The van der Waals surface area contributed by atoms with Gasteiger partial charge in [-0.25, -0.2) is 4.68 Å². The van der Waals surface area contributed by atoms with Gasteiger partial charge in [0.05, 0.1) is 11.7 Å². The number of carbonyl (C=O) groups is 1. The zero-order valence-electron chi connectivity index (χ0n) is 11.7. The molecule has 3 rings (SSSR count). The summed E-state index contributed by atoms with van der Waals surface area (Å²) < 4.78 is 1.79. The van der Waals surface area contributed by atoms with E-state index < -0.39 is 0 Å². The van der Waals surface area contributed by atoms with Gasteiger partial charge in [0.15, 0.2) is 0 Å². The number of benzene rings is 1. The SMILES string of the molecule is C[C@@H](NC(=O)c1ccc[nH]1)c1cccc(-n2cccn2)c1. The number of rotatable bonds is 4. The van der Waals surface area contributed by atoms with Crippen molar-refractivity contribution in [2.24, 2.45) is 0 Å². The van der Waals surface area contributed by atoms with Crippen LogP contribution in [0.25, 0.3) is 5.69 Å². The second kappa shape index (κ2) is 5.66. The first-order valence-corrected chi connectivity index (χ1v) is 6.78. The lowest BCUT2D eigenvalue weighted by molar-refractivity contribution is 0.0935. The Morgan fingerprint density at radius 3 is 2.90 bits per heavy atom. The van der Waals surface area contributed by atoms with Crippen LogP contribution in [0.1, 0.15) is 29.0 Å². The quantitative estimate of drug-likeness (QED) is 0.771. The van der Waals surface area contributed by atoms with Gasteiger partial charge in [-0.3, -0.25) is 4.79 Å². The van der Waals surface area contributed by atoms with Gasteiger partial charge in [0.1, 0.15) is 5.69 Å². The van der Waals surface area contributed by atoms with Crippen LogP contribution < -0.4 is 5.32 Å². The van der Waals surface area contributed by atoms with Crippen molar-refractivity contribution in [3.63, 3.8) is 0 Å². The van der Waals surface area contributed by atoms with Crippen molar-refractivity contribution in [2.45, 2.75) is 13.0 Å². The molecule has 0 aliphatic heterocycles. The summed E-state index contributed by atoms with van der Waals surface area (Å²) in [6, 6.07) is 13.3. The molecule has 0 saturated heterocycles. The average Bonchev–Trinajstić information content (AvgIpc) is 3.20. The molecule has 0 bridgehead atoms. The van der Waals surface area contributed by atoms with Crippen molar-refractivity contribution in [1.82, 2.24) is 20.1 Å². The van der Waals surface area contributed by atoms with Crippen LogP contribution in [0.2, 0.25) is 0 Å². The van der Waals surface area contributed by atoms with E-state index in [0.717, 1.165) is 11.3 Å². The molecule has 0 radical (unpaired) electrons. The second-order valence-electron chi connectivity index (χ2n) is 4.82. The zero-order valence-corrected chi connectivity index (χ0v) is 11.7. The standard InChI is InChI=1S/C16H16N4O/c1-12(19-16(21)15-7-3-8-17-15)13-5-2-6-14(11-13)20-10-4-9-18-20/h2-12,17H,1H3,(H,19,21)/t12-/m1/s1. The van der Waals surface area contributed by atoms with Gasteiger partial charge in [0.2, 0.25) is 0 Å². The van der Waals surface area contributed by atoms with Crippen molar-refractivity contribution in [2.75, 3.05) is 0 Å². The monoisotopic (exact) mass is 280 g/mol. The summed E-state index contributed by atoms with van der Waals surface area (Å²) in [6.07, 6.45) is 5.36. The van der Waals surface area contributed by atoms with Crippen molar-refractivity contribution >= 4 is 5.91 Å². The Balaban J connectivity index is 1.77. The Bertz CT molecular complexity index is 717. The lowest BCUT2D eigenvalue weighted by Gasteiger charge is -2.15. The first-order valence-electron chi connectivity index (χ1n) is 6.78. The van der Waals surface area contributed by atoms with Gasteiger partial charge in [0, 0.05) is 18.6 Å². The normalized spacial score (nSPS) is 12.0. The Morgan fingerprint density at radius 2 is 2.19 bits per heavy atom. The molecule has 106 valence electrons. The molecule has 0 saturated carbocycles. The molecule has 5 heteroatoms. The minimum absolute atomic E-state index is 0.0867. The van der Waals surface area contributed by atoms with Crippen molar-refractivity contribution in [1.29, 1.82) is 0 Å². The molecule has 21 heavy (non-hydrogen) atoms. The summed E-state index contributed by atoms with van der Waals surface area (Å²) >= 11 is 0. The minimum Gasteiger partial charge on any atom is -0.357 e. The number of nitrogens with zero attached hydrogens (tertiary/aromatic N) is 2. The van der Waals surface area contributed by atoms with Crippen LogP contribution in [0.5, 0.6) is 0 Å². The molecule has 1 aromatic carbocycles. The average molecular weight is 280 g/mol. The minimum atomic E-state index is -0.114. The molecular formula is C16H16N4O. The van der Waals surface area contributed by atoms with E-state index in [0.29, 0.717) is 5.69 Å². The van der Waals surface area contributed by atoms with Crippen LogP contribution in [-0.2, 0) is 0 Å². The first-order chi connectivity index (χ1) is 10.2. The van der Waals surface area contributed by atoms with Gasteiger partial charge in [-0.2, -0.15) is 5.10 Å². The summed E-state index contributed by atoms with van der Waals surface area (Å²) in [7, 11) is 0. The maximum atomic E-state index is 12.0. The fourth-order valence-corrected chi connectivity index (χ4v) is 2.19. The van der Waals surface area contributed by atoms with Gasteiger partial charge < -0.3 is 10.3 Å². The molecule has 0 aliphatic carbocycles. The highest BCUT2D eigenvalue weighted by molar-refractivity contribution is 5.92. The van der Waals surface area contributed by atoms with E-state index in [1.807, 2.05) is 43.5 Å². The largest absolute Gasteiger partial charge is 0.357 e. The molecule has 1 atom stereocenters. The zero-order chi connectivity index (χ0) is 14.7. The van der Waals surface area contributed by atoms with Crippen LogP contribution >= 0.6 is 0 Å². The molecule has 1 amide bonds. The molecule has 2 N–H and O–H groups in total. The van der Waals surface area contributed by atoms with E-state index in [1.165, 1.54) is 0 Å². The van der Waals surface area contributed by atoms with Gasteiger partial charge in [0.25, 0.3) is 5.91 Å². The number of nitrogens with one attached hydrogen (secondary N) is 2. The van der Waals surface area contributed by atoms with E-state index in [-0.39, 0.29) is 11.9 Å². The van der Waals surface area contributed by atoms with E-state index >= 15 is 0 Å². The van der Waals surface area contributed by atoms with Crippen LogP contribution in [0.3, 0.4) is 0 Å². The highest BCUT2D eigenvalue weighted by Crippen LogP contribution is 2.17. The highest BCUT2D eigenvalue weighted by Gasteiger charge is 2.12. The van der Waals surface area contributed by atoms with Crippen molar-refractivity contribution in [3.05, 3.63) is 72.3 Å². The smallest absolute Gasteiger partial charge is 0.268 e. The van der Waals surface area contributed by atoms with Crippen LogP contribution in [0.4, 0.5) is 0 Å².